The van der Waals surface area contributed by atoms with E-state index in [1.165, 1.54) is 10.4 Å². The zero-order valence-corrected chi connectivity index (χ0v) is 17.3. The van der Waals surface area contributed by atoms with Crippen LogP contribution in [0.5, 0.6) is 5.75 Å². The van der Waals surface area contributed by atoms with Crippen molar-refractivity contribution in [3.63, 3.8) is 0 Å². The molecule has 0 aliphatic carbocycles. The van der Waals surface area contributed by atoms with E-state index in [0.29, 0.717) is 37.1 Å². The number of nitrogens with zero attached hydrogens (tertiary/aromatic N) is 1. The molecule has 2 aromatic carbocycles. The van der Waals surface area contributed by atoms with E-state index in [0.717, 1.165) is 25.0 Å². The van der Waals surface area contributed by atoms with Crippen LogP contribution in [0.1, 0.15) is 37.0 Å². The van der Waals surface area contributed by atoms with Crippen molar-refractivity contribution in [2.75, 3.05) is 25.0 Å². The molecule has 0 unspecified atom stereocenters. The largest absolute Gasteiger partial charge is 0.494 e. The number of sulfonamides is 1. The standard InChI is InChI=1S/C21H25FN2O4S/c1-3-28-17-6-4-16(5-7-17)23-21(25)19-14-18(8-9-20(19)22)29(26,27)24-12-10-15(2)11-13-24/h4-9,14-15H,3,10-13H2,1-2H3,(H,23,25). The van der Waals surface area contributed by atoms with Gasteiger partial charge in [-0.05, 0) is 68.1 Å². The molecule has 0 aromatic heterocycles. The maximum Gasteiger partial charge on any atom is 0.258 e. The first-order valence-corrected chi connectivity index (χ1v) is 11.1. The van der Waals surface area contributed by atoms with Gasteiger partial charge in [0.05, 0.1) is 17.1 Å². The van der Waals surface area contributed by atoms with E-state index in [9.17, 15) is 17.6 Å². The Balaban J connectivity index is 1.80. The van der Waals surface area contributed by atoms with E-state index in [1.807, 2.05) is 6.92 Å². The number of halogens is 1. The van der Waals surface area contributed by atoms with Crippen molar-refractivity contribution in [1.82, 2.24) is 4.31 Å². The summed E-state index contributed by atoms with van der Waals surface area (Å²) in [6, 6.07) is 9.98. The van der Waals surface area contributed by atoms with Crippen LogP contribution in [0.15, 0.2) is 47.4 Å². The van der Waals surface area contributed by atoms with E-state index in [2.05, 4.69) is 12.2 Å². The zero-order valence-electron chi connectivity index (χ0n) is 16.5. The summed E-state index contributed by atoms with van der Waals surface area (Å²) in [7, 11) is -3.77. The fourth-order valence-electron chi connectivity index (χ4n) is 3.21. The van der Waals surface area contributed by atoms with Crippen LogP contribution < -0.4 is 10.1 Å². The highest BCUT2D eigenvalue weighted by Gasteiger charge is 2.29. The van der Waals surface area contributed by atoms with Gasteiger partial charge in [0, 0.05) is 18.8 Å². The van der Waals surface area contributed by atoms with Crippen molar-refractivity contribution in [2.24, 2.45) is 5.92 Å². The predicted octanol–water partition coefficient (Wildman–Crippen LogP) is 3.90. The number of piperidine rings is 1. The third-order valence-corrected chi connectivity index (χ3v) is 6.88. The Hall–Kier alpha value is -2.45. The number of amides is 1. The lowest BCUT2D eigenvalue weighted by atomic mass is 10.0. The lowest BCUT2D eigenvalue weighted by Crippen LogP contribution is -2.38. The number of carbonyl (C=O) groups excluding carboxylic acids is 1. The Labute approximate surface area is 170 Å². The molecule has 6 nitrogen and oxygen atoms in total. The molecule has 1 aliphatic heterocycles. The lowest BCUT2D eigenvalue weighted by molar-refractivity contribution is 0.102. The summed E-state index contributed by atoms with van der Waals surface area (Å²) >= 11 is 0. The summed E-state index contributed by atoms with van der Waals surface area (Å²) in [6.07, 6.45) is 1.57. The van der Waals surface area contributed by atoms with E-state index in [1.54, 1.807) is 24.3 Å². The van der Waals surface area contributed by atoms with Gasteiger partial charge in [0.1, 0.15) is 11.6 Å². The zero-order chi connectivity index (χ0) is 21.0. The van der Waals surface area contributed by atoms with Crippen molar-refractivity contribution in [3.05, 3.63) is 53.8 Å². The highest BCUT2D eigenvalue weighted by Crippen LogP contribution is 2.25. The molecule has 1 fully saturated rings. The molecule has 2 aromatic rings. The average Bonchev–Trinajstić information content (AvgIpc) is 2.70. The van der Waals surface area contributed by atoms with Gasteiger partial charge in [0.2, 0.25) is 10.0 Å². The monoisotopic (exact) mass is 420 g/mol. The molecule has 0 spiro atoms. The van der Waals surface area contributed by atoms with Gasteiger partial charge in [-0.15, -0.1) is 0 Å². The van der Waals surface area contributed by atoms with Gasteiger partial charge in [-0.25, -0.2) is 12.8 Å². The summed E-state index contributed by atoms with van der Waals surface area (Å²) in [5.74, 6) is -0.360. The molecule has 1 aliphatic rings. The summed E-state index contributed by atoms with van der Waals surface area (Å²) in [5, 5.41) is 2.59. The predicted molar refractivity (Wildman–Crippen MR) is 109 cm³/mol. The summed E-state index contributed by atoms with van der Waals surface area (Å²) < 4.78 is 46.8. The first kappa shape index (κ1) is 21.3. The van der Waals surface area contributed by atoms with E-state index < -0.39 is 21.7 Å². The van der Waals surface area contributed by atoms with Crippen molar-refractivity contribution >= 4 is 21.6 Å². The second-order valence-electron chi connectivity index (χ2n) is 7.14. The Kier molecular flexibility index (Phi) is 6.54. The number of ether oxygens (including phenoxy) is 1. The quantitative estimate of drug-likeness (QED) is 0.769. The van der Waals surface area contributed by atoms with Crippen LogP contribution in [-0.4, -0.2) is 38.3 Å². The second kappa shape index (κ2) is 8.92. The molecule has 0 bridgehead atoms. The first-order valence-electron chi connectivity index (χ1n) is 9.65. The molecule has 1 amide bonds. The fraction of sp³-hybridized carbons (Fsp3) is 0.381. The number of hydrogen-bond acceptors (Lipinski definition) is 4. The van der Waals surface area contributed by atoms with Crippen molar-refractivity contribution in [2.45, 2.75) is 31.6 Å². The van der Waals surface area contributed by atoms with Gasteiger partial charge in [0.25, 0.3) is 5.91 Å². The lowest BCUT2D eigenvalue weighted by Gasteiger charge is -2.29. The van der Waals surface area contributed by atoms with Crippen LogP contribution in [0.25, 0.3) is 0 Å². The molecule has 0 saturated carbocycles. The third-order valence-electron chi connectivity index (χ3n) is 4.99. The maximum absolute atomic E-state index is 14.3. The fourth-order valence-corrected chi connectivity index (χ4v) is 4.71. The van der Waals surface area contributed by atoms with Gasteiger partial charge >= 0.3 is 0 Å². The minimum absolute atomic E-state index is 0.0784. The average molecular weight is 421 g/mol. The number of nitrogens with one attached hydrogen (secondary N) is 1. The van der Waals surface area contributed by atoms with Crippen molar-refractivity contribution < 1.29 is 22.3 Å². The smallest absolute Gasteiger partial charge is 0.258 e. The highest BCUT2D eigenvalue weighted by atomic mass is 32.2. The molecular formula is C21H25FN2O4S. The Bertz CT molecular complexity index is 969. The molecule has 1 N–H and O–H groups in total. The number of benzene rings is 2. The number of hydrogen-bond donors (Lipinski definition) is 1. The molecule has 29 heavy (non-hydrogen) atoms. The Morgan fingerprint density at radius 1 is 1.17 bits per heavy atom. The molecule has 1 heterocycles. The van der Waals surface area contributed by atoms with Crippen molar-refractivity contribution in [3.8, 4) is 5.75 Å². The normalized spacial score (nSPS) is 15.8. The van der Waals surface area contributed by atoms with Crippen LogP contribution in [0.3, 0.4) is 0 Å². The van der Waals surface area contributed by atoms with Crippen LogP contribution in [-0.2, 0) is 10.0 Å². The summed E-state index contributed by atoms with van der Waals surface area (Å²) in [6.45, 7) is 5.33. The summed E-state index contributed by atoms with van der Waals surface area (Å²) in [5.41, 5.74) is 0.140. The van der Waals surface area contributed by atoms with Gasteiger partial charge in [-0.1, -0.05) is 6.92 Å². The maximum atomic E-state index is 14.3. The molecule has 0 radical (unpaired) electrons. The molecule has 156 valence electrons. The van der Waals surface area contributed by atoms with Gasteiger partial charge in [0.15, 0.2) is 0 Å². The molecule has 3 rings (SSSR count). The van der Waals surface area contributed by atoms with E-state index in [4.69, 9.17) is 4.74 Å². The second-order valence-corrected chi connectivity index (χ2v) is 9.08. The Morgan fingerprint density at radius 2 is 1.83 bits per heavy atom. The molecular weight excluding hydrogens is 395 g/mol. The van der Waals surface area contributed by atoms with Crippen LogP contribution in [0, 0.1) is 11.7 Å². The number of carbonyl (C=O) groups is 1. The number of rotatable bonds is 6. The summed E-state index contributed by atoms with van der Waals surface area (Å²) in [4.78, 5) is 12.5. The molecule has 1 saturated heterocycles. The minimum Gasteiger partial charge on any atom is -0.494 e. The van der Waals surface area contributed by atoms with Gasteiger partial charge in [-0.2, -0.15) is 4.31 Å². The van der Waals surface area contributed by atoms with E-state index >= 15 is 0 Å². The van der Waals surface area contributed by atoms with Gasteiger partial charge < -0.3 is 10.1 Å². The van der Waals surface area contributed by atoms with Crippen LogP contribution in [0.4, 0.5) is 10.1 Å². The number of anilines is 1. The van der Waals surface area contributed by atoms with Crippen molar-refractivity contribution in [1.29, 1.82) is 0 Å². The van der Waals surface area contributed by atoms with Crippen LogP contribution in [0.2, 0.25) is 0 Å². The first-order chi connectivity index (χ1) is 13.8. The third kappa shape index (κ3) is 4.94. The van der Waals surface area contributed by atoms with Crippen LogP contribution >= 0.6 is 0 Å². The Morgan fingerprint density at radius 3 is 2.45 bits per heavy atom. The van der Waals surface area contributed by atoms with Gasteiger partial charge in [-0.3, -0.25) is 4.79 Å². The molecule has 8 heteroatoms. The SMILES string of the molecule is CCOc1ccc(NC(=O)c2cc(S(=O)(=O)N3CCC(C)CC3)ccc2F)cc1. The minimum atomic E-state index is -3.77. The molecule has 0 atom stereocenters. The topological polar surface area (TPSA) is 75.7 Å². The highest BCUT2D eigenvalue weighted by molar-refractivity contribution is 7.89. The van der Waals surface area contributed by atoms with E-state index in [-0.39, 0.29) is 10.5 Å².